The number of benzene rings is 2. The molecule has 0 aliphatic rings. The summed E-state index contributed by atoms with van der Waals surface area (Å²) in [4.78, 5) is 22.3. The van der Waals surface area contributed by atoms with Crippen molar-refractivity contribution in [1.82, 2.24) is 0 Å². The average molecular weight is 378 g/mol. The number of carbonyl (C=O) groups is 1. The Bertz CT molecular complexity index is 801. The van der Waals surface area contributed by atoms with Crippen LogP contribution in [0.3, 0.4) is 0 Å². The van der Waals surface area contributed by atoms with Crippen molar-refractivity contribution in [3.05, 3.63) is 68.2 Å². The summed E-state index contributed by atoms with van der Waals surface area (Å²) in [7, 11) is 1.29. The van der Waals surface area contributed by atoms with Crippen molar-refractivity contribution in [3.8, 4) is 11.5 Å². The lowest BCUT2D eigenvalue weighted by atomic mass is 10.1. The number of nitro groups is 1. The number of aromatic hydroxyl groups is 1. The molecule has 0 atom stereocenters. The molecule has 0 bridgehead atoms. The van der Waals surface area contributed by atoms with Crippen LogP contribution in [0.1, 0.15) is 15.9 Å². The Morgan fingerprint density at radius 3 is 2.70 bits per heavy atom. The van der Waals surface area contributed by atoms with Crippen LogP contribution in [-0.2, 0) is 0 Å². The Kier molecular flexibility index (Phi) is 5.13. The van der Waals surface area contributed by atoms with E-state index in [2.05, 4.69) is 15.9 Å². The van der Waals surface area contributed by atoms with Gasteiger partial charge in [-0.25, -0.2) is 0 Å². The molecule has 0 spiro atoms. The first-order valence-corrected chi connectivity index (χ1v) is 7.25. The van der Waals surface area contributed by atoms with Gasteiger partial charge in [0.05, 0.1) is 12.0 Å². The van der Waals surface area contributed by atoms with Gasteiger partial charge < -0.3 is 9.84 Å². The minimum Gasteiger partial charge on any atom is -0.500 e. The van der Waals surface area contributed by atoms with Crippen molar-refractivity contribution >= 4 is 33.5 Å². The minimum absolute atomic E-state index is 0.0336. The summed E-state index contributed by atoms with van der Waals surface area (Å²) < 4.78 is 5.68. The highest BCUT2D eigenvalue weighted by Gasteiger charge is 2.19. The second-order valence-electron chi connectivity index (χ2n) is 4.56. The predicted molar refractivity (Wildman–Crippen MR) is 88.8 cm³/mol. The maximum atomic E-state index is 12.1. The first kappa shape index (κ1) is 16.7. The lowest BCUT2D eigenvalue weighted by Crippen LogP contribution is -1.95. The van der Waals surface area contributed by atoms with Gasteiger partial charge in [-0.3, -0.25) is 14.9 Å². The smallest absolute Gasteiger partial charge is 0.315 e. The standard InChI is InChI=1S/C16H12BrNO5/c1-23-15-8-10(7-13(16(15)20)18(21)22)5-6-14(19)11-3-2-4-12(17)9-11/h2-9,20H,1H3/b6-5+. The van der Waals surface area contributed by atoms with Crippen molar-refractivity contribution in [2.45, 2.75) is 0 Å². The molecule has 2 rings (SSSR count). The zero-order valence-electron chi connectivity index (χ0n) is 12.0. The van der Waals surface area contributed by atoms with E-state index in [1.54, 1.807) is 24.3 Å². The fraction of sp³-hybridized carbons (Fsp3) is 0.0625. The highest BCUT2D eigenvalue weighted by molar-refractivity contribution is 9.10. The maximum absolute atomic E-state index is 12.1. The average Bonchev–Trinajstić information content (AvgIpc) is 2.53. The third-order valence-electron chi connectivity index (χ3n) is 3.03. The van der Waals surface area contributed by atoms with Crippen LogP contribution in [-0.4, -0.2) is 22.9 Å². The molecule has 0 amide bonds. The number of ether oxygens (including phenoxy) is 1. The second kappa shape index (κ2) is 7.06. The number of rotatable bonds is 5. The van der Waals surface area contributed by atoms with Gasteiger partial charge in [-0.05, 0) is 29.8 Å². The lowest BCUT2D eigenvalue weighted by molar-refractivity contribution is -0.386. The van der Waals surface area contributed by atoms with Crippen LogP contribution >= 0.6 is 15.9 Å². The van der Waals surface area contributed by atoms with Crippen molar-refractivity contribution < 1.29 is 19.6 Å². The Morgan fingerprint density at radius 1 is 1.35 bits per heavy atom. The molecule has 0 unspecified atom stereocenters. The Balaban J connectivity index is 2.34. The molecule has 6 nitrogen and oxygen atoms in total. The molecule has 0 saturated carbocycles. The van der Waals surface area contributed by atoms with Gasteiger partial charge in [-0.1, -0.05) is 34.1 Å². The summed E-state index contributed by atoms with van der Waals surface area (Å²) in [5, 5.41) is 20.6. The molecule has 118 valence electrons. The summed E-state index contributed by atoms with van der Waals surface area (Å²) in [5.74, 6) is -0.831. The molecule has 0 fully saturated rings. The molecule has 0 heterocycles. The summed E-state index contributed by atoms with van der Waals surface area (Å²) in [6.45, 7) is 0. The number of halogens is 1. The van der Waals surface area contributed by atoms with E-state index in [9.17, 15) is 20.0 Å². The number of phenols is 1. The molecule has 23 heavy (non-hydrogen) atoms. The van der Waals surface area contributed by atoms with E-state index in [0.717, 1.165) is 4.47 Å². The normalized spacial score (nSPS) is 10.7. The second-order valence-corrected chi connectivity index (χ2v) is 5.47. The largest absolute Gasteiger partial charge is 0.500 e. The van der Waals surface area contributed by atoms with Gasteiger partial charge in [0.25, 0.3) is 0 Å². The topological polar surface area (TPSA) is 89.7 Å². The zero-order valence-corrected chi connectivity index (χ0v) is 13.6. The first-order chi connectivity index (χ1) is 10.9. The van der Waals surface area contributed by atoms with Crippen LogP contribution < -0.4 is 4.74 Å². The van der Waals surface area contributed by atoms with Gasteiger partial charge in [0.1, 0.15) is 0 Å². The highest BCUT2D eigenvalue weighted by Crippen LogP contribution is 2.37. The van der Waals surface area contributed by atoms with Crippen LogP contribution in [0.4, 0.5) is 5.69 Å². The van der Waals surface area contributed by atoms with E-state index < -0.39 is 16.4 Å². The van der Waals surface area contributed by atoms with Crippen molar-refractivity contribution in [2.75, 3.05) is 7.11 Å². The van der Waals surface area contributed by atoms with Crippen molar-refractivity contribution in [3.63, 3.8) is 0 Å². The molecular formula is C16H12BrNO5. The minimum atomic E-state index is -0.717. The molecule has 0 saturated heterocycles. The maximum Gasteiger partial charge on any atom is 0.315 e. The van der Waals surface area contributed by atoms with Crippen LogP contribution in [0.2, 0.25) is 0 Å². The van der Waals surface area contributed by atoms with Gasteiger partial charge in [0.2, 0.25) is 5.75 Å². The number of ketones is 1. The third kappa shape index (κ3) is 3.95. The van der Waals surface area contributed by atoms with E-state index in [-0.39, 0.29) is 11.5 Å². The molecular weight excluding hydrogens is 366 g/mol. The lowest BCUT2D eigenvalue weighted by Gasteiger charge is -2.05. The van der Waals surface area contributed by atoms with Crippen LogP contribution in [0, 0.1) is 10.1 Å². The van der Waals surface area contributed by atoms with Crippen LogP contribution in [0.15, 0.2) is 46.9 Å². The van der Waals surface area contributed by atoms with E-state index in [4.69, 9.17) is 4.74 Å². The molecule has 2 aromatic carbocycles. The Labute approximate surface area is 140 Å². The van der Waals surface area contributed by atoms with Crippen LogP contribution in [0.25, 0.3) is 6.08 Å². The Hall–Kier alpha value is -2.67. The fourth-order valence-corrected chi connectivity index (χ4v) is 2.31. The summed E-state index contributed by atoms with van der Waals surface area (Å²) in [6.07, 6.45) is 2.73. The number of carbonyl (C=O) groups excluding carboxylic acids is 1. The number of nitro benzene ring substituents is 1. The molecule has 0 radical (unpaired) electrons. The van der Waals surface area contributed by atoms with E-state index >= 15 is 0 Å². The predicted octanol–water partition coefficient (Wildman–Crippen LogP) is 3.97. The van der Waals surface area contributed by atoms with E-state index in [1.807, 2.05) is 0 Å². The SMILES string of the molecule is COc1cc(/C=C/C(=O)c2cccc(Br)c2)cc([N+](=O)[O-])c1O. The summed E-state index contributed by atoms with van der Waals surface area (Å²) in [6, 6.07) is 9.45. The van der Waals surface area contributed by atoms with E-state index in [0.29, 0.717) is 11.1 Å². The Morgan fingerprint density at radius 2 is 2.09 bits per heavy atom. The molecule has 7 heteroatoms. The van der Waals surface area contributed by atoms with Gasteiger partial charge in [0, 0.05) is 16.1 Å². The quantitative estimate of drug-likeness (QED) is 0.368. The van der Waals surface area contributed by atoms with Crippen molar-refractivity contribution in [1.29, 1.82) is 0 Å². The number of hydrogen-bond donors (Lipinski definition) is 1. The molecule has 0 aliphatic heterocycles. The number of hydrogen-bond acceptors (Lipinski definition) is 5. The van der Waals surface area contributed by atoms with Crippen molar-refractivity contribution in [2.24, 2.45) is 0 Å². The van der Waals surface area contributed by atoms with Gasteiger partial charge in [0.15, 0.2) is 11.5 Å². The molecule has 0 aliphatic carbocycles. The molecule has 2 aromatic rings. The van der Waals surface area contributed by atoms with Gasteiger partial charge >= 0.3 is 5.69 Å². The zero-order chi connectivity index (χ0) is 17.0. The number of allylic oxidation sites excluding steroid dienone is 1. The summed E-state index contributed by atoms with van der Waals surface area (Å²) >= 11 is 3.28. The fourth-order valence-electron chi connectivity index (χ4n) is 1.91. The molecule has 1 N–H and O–H groups in total. The van der Waals surface area contributed by atoms with Crippen LogP contribution in [0.5, 0.6) is 11.5 Å². The van der Waals surface area contributed by atoms with Gasteiger partial charge in [-0.2, -0.15) is 0 Å². The third-order valence-corrected chi connectivity index (χ3v) is 3.52. The summed E-state index contributed by atoms with van der Waals surface area (Å²) in [5.41, 5.74) is 0.365. The molecule has 0 aromatic heterocycles. The number of phenolic OH excluding ortho intramolecular Hbond substituents is 1. The number of nitrogens with zero attached hydrogens (tertiary/aromatic N) is 1. The van der Waals surface area contributed by atoms with E-state index in [1.165, 1.54) is 31.4 Å². The highest BCUT2D eigenvalue weighted by atomic mass is 79.9. The first-order valence-electron chi connectivity index (χ1n) is 6.45. The number of methoxy groups -OCH3 is 1. The van der Waals surface area contributed by atoms with Gasteiger partial charge in [-0.15, -0.1) is 0 Å². The monoisotopic (exact) mass is 377 g/mol.